The Morgan fingerprint density at radius 1 is 1.00 bits per heavy atom. The number of rotatable bonds is 6. The van der Waals surface area contributed by atoms with Crippen molar-refractivity contribution in [2.75, 3.05) is 39.3 Å². The molecule has 0 amide bonds. The Morgan fingerprint density at radius 2 is 1.56 bits per heavy atom. The van der Waals surface area contributed by atoms with Crippen molar-refractivity contribution in [1.82, 2.24) is 15.1 Å². The van der Waals surface area contributed by atoms with Crippen LogP contribution in [0.3, 0.4) is 0 Å². The molecule has 16 heavy (non-hydrogen) atoms. The molecule has 0 radical (unpaired) electrons. The summed E-state index contributed by atoms with van der Waals surface area (Å²) in [5.41, 5.74) is 0. The molecule has 0 bridgehead atoms. The van der Waals surface area contributed by atoms with E-state index in [-0.39, 0.29) is 0 Å². The predicted molar refractivity (Wildman–Crippen MR) is 70.9 cm³/mol. The molecule has 1 saturated heterocycles. The normalized spacial score (nSPS) is 21.6. The Balaban J connectivity index is 2.32. The zero-order chi connectivity index (χ0) is 12.0. The standard InChI is InChI=1S/C13H29N3/c1-5-13(11-14-6-2)16-9-7-15(8-10-16)12(3)4/h12-14H,5-11H2,1-4H3. The monoisotopic (exact) mass is 227 g/mol. The molecular formula is C13H29N3. The molecule has 3 heteroatoms. The van der Waals surface area contributed by atoms with E-state index >= 15 is 0 Å². The first-order valence-corrected chi connectivity index (χ1v) is 6.87. The van der Waals surface area contributed by atoms with Crippen molar-refractivity contribution < 1.29 is 0 Å². The maximum absolute atomic E-state index is 3.48. The second kappa shape index (κ2) is 7.25. The van der Waals surface area contributed by atoms with Crippen molar-refractivity contribution in [3.8, 4) is 0 Å². The second-order valence-corrected chi connectivity index (χ2v) is 5.04. The van der Waals surface area contributed by atoms with E-state index in [1.807, 2.05) is 0 Å². The fourth-order valence-electron chi connectivity index (χ4n) is 2.46. The van der Waals surface area contributed by atoms with Gasteiger partial charge < -0.3 is 5.32 Å². The first-order valence-electron chi connectivity index (χ1n) is 6.87. The molecule has 1 rings (SSSR count). The smallest absolute Gasteiger partial charge is 0.0219 e. The molecule has 0 aromatic carbocycles. The van der Waals surface area contributed by atoms with Crippen LogP contribution in [0.4, 0.5) is 0 Å². The van der Waals surface area contributed by atoms with Crippen molar-refractivity contribution in [2.24, 2.45) is 0 Å². The molecule has 0 aromatic rings. The molecule has 1 unspecified atom stereocenters. The average molecular weight is 227 g/mol. The number of likely N-dealkylation sites (N-methyl/N-ethyl adjacent to an activating group) is 1. The van der Waals surface area contributed by atoms with Crippen LogP contribution in [0.25, 0.3) is 0 Å². The quantitative estimate of drug-likeness (QED) is 0.740. The third-order valence-corrected chi connectivity index (χ3v) is 3.70. The third kappa shape index (κ3) is 4.04. The van der Waals surface area contributed by atoms with Gasteiger partial charge in [-0.2, -0.15) is 0 Å². The summed E-state index contributed by atoms with van der Waals surface area (Å²) in [5.74, 6) is 0. The maximum atomic E-state index is 3.48. The zero-order valence-electron chi connectivity index (χ0n) is 11.5. The Kier molecular flexibility index (Phi) is 6.32. The summed E-state index contributed by atoms with van der Waals surface area (Å²) in [6, 6.07) is 1.44. The van der Waals surface area contributed by atoms with Gasteiger partial charge in [0.05, 0.1) is 0 Å². The summed E-state index contributed by atoms with van der Waals surface area (Å²) in [4.78, 5) is 5.23. The zero-order valence-corrected chi connectivity index (χ0v) is 11.5. The van der Waals surface area contributed by atoms with E-state index in [1.54, 1.807) is 0 Å². The molecule has 1 N–H and O–H groups in total. The minimum absolute atomic E-state index is 0.705. The van der Waals surface area contributed by atoms with Gasteiger partial charge in [0.15, 0.2) is 0 Å². The summed E-state index contributed by atoms with van der Waals surface area (Å²) in [5, 5.41) is 3.48. The van der Waals surface area contributed by atoms with Gasteiger partial charge in [0, 0.05) is 44.8 Å². The average Bonchev–Trinajstić information content (AvgIpc) is 2.30. The van der Waals surface area contributed by atoms with Crippen LogP contribution in [0.1, 0.15) is 34.1 Å². The molecule has 0 aromatic heterocycles. The molecule has 3 nitrogen and oxygen atoms in total. The van der Waals surface area contributed by atoms with Gasteiger partial charge in [-0.25, -0.2) is 0 Å². The summed E-state index contributed by atoms with van der Waals surface area (Å²) in [7, 11) is 0. The highest BCUT2D eigenvalue weighted by Gasteiger charge is 2.23. The lowest BCUT2D eigenvalue weighted by Crippen LogP contribution is -2.54. The van der Waals surface area contributed by atoms with Crippen LogP contribution < -0.4 is 5.32 Å². The molecule has 1 atom stereocenters. The number of piperazine rings is 1. The van der Waals surface area contributed by atoms with Gasteiger partial charge in [0.2, 0.25) is 0 Å². The third-order valence-electron chi connectivity index (χ3n) is 3.70. The molecule has 0 aliphatic carbocycles. The van der Waals surface area contributed by atoms with Gasteiger partial charge >= 0.3 is 0 Å². The van der Waals surface area contributed by atoms with Crippen LogP contribution in [-0.2, 0) is 0 Å². The topological polar surface area (TPSA) is 18.5 Å². The summed E-state index contributed by atoms with van der Waals surface area (Å²) in [6.07, 6.45) is 1.26. The minimum atomic E-state index is 0.705. The van der Waals surface area contributed by atoms with E-state index in [2.05, 4.69) is 42.8 Å². The lowest BCUT2D eigenvalue weighted by molar-refractivity contribution is 0.0764. The minimum Gasteiger partial charge on any atom is -0.315 e. The molecule has 1 aliphatic rings. The van der Waals surface area contributed by atoms with E-state index < -0.39 is 0 Å². The SMILES string of the molecule is CCNCC(CC)N1CCN(C(C)C)CC1. The molecule has 1 fully saturated rings. The maximum Gasteiger partial charge on any atom is 0.0219 e. The predicted octanol–water partition coefficient (Wildman–Crippen LogP) is 1.40. The Hall–Kier alpha value is -0.120. The van der Waals surface area contributed by atoms with E-state index in [4.69, 9.17) is 0 Å². The summed E-state index contributed by atoms with van der Waals surface area (Å²) < 4.78 is 0. The number of hydrogen-bond donors (Lipinski definition) is 1. The molecule has 1 heterocycles. The van der Waals surface area contributed by atoms with Crippen LogP contribution >= 0.6 is 0 Å². The highest BCUT2D eigenvalue weighted by atomic mass is 15.3. The fraction of sp³-hybridized carbons (Fsp3) is 1.00. The van der Waals surface area contributed by atoms with Gasteiger partial charge in [-0.15, -0.1) is 0 Å². The second-order valence-electron chi connectivity index (χ2n) is 5.04. The van der Waals surface area contributed by atoms with Gasteiger partial charge in [0.1, 0.15) is 0 Å². The fourth-order valence-corrected chi connectivity index (χ4v) is 2.46. The number of hydrogen-bond acceptors (Lipinski definition) is 3. The van der Waals surface area contributed by atoms with E-state index in [0.29, 0.717) is 6.04 Å². The summed E-state index contributed by atoms with van der Waals surface area (Å²) >= 11 is 0. The Morgan fingerprint density at radius 3 is 2.00 bits per heavy atom. The van der Waals surface area contributed by atoms with Gasteiger partial charge in [-0.1, -0.05) is 13.8 Å². The van der Waals surface area contributed by atoms with Crippen molar-refractivity contribution in [1.29, 1.82) is 0 Å². The Bertz CT molecular complexity index is 174. The van der Waals surface area contributed by atoms with Crippen LogP contribution in [-0.4, -0.2) is 61.2 Å². The van der Waals surface area contributed by atoms with Crippen molar-refractivity contribution in [3.63, 3.8) is 0 Å². The summed E-state index contributed by atoms with van der Waals surface area (Å²) in [6.45, 7) is 16.3. The van der Waals surface area contributed by atoms with Gasteiger partial charge in [-0.05, 0) is 26.8 Å². The highest BCUT2D eigenvalue weighted by Crippen LogP contribution is 2.10. The number of nitrogens with zero attached hydrogens (tertiary/aromatic N) is 2. The lowest BCUT2D eigenvalue weighted by atomic mass is 10.1. The first kappa shape index (κ1) is 13.9. The van der Waals surface area contributed by atoms with Gasteiger partial charge in [0.25, 0.3) is 0 Å². The van der Waals surface area contributed by atoms with Crippen LogP contribution in [0.2, 0.25) is 0 Å². The van der Waals surface area contributed by atoms with Crippen molar-refractivity contribution >= 4 is 0 Å². The van der Waals surface area contributed by atoms with Crippen LogP contribution in [0.15, 0.2) is 0 Å². The molecule has 96 valence electrons. The van der Waals surface area contributed by atoms with E-state index in [1.165, 1.54) is 32.6 Å². The Labute approximate surface area is 101 Å². The highest BCUT2D eigenvalue weighted by molar-refractivity contribution is 4.80. The van der Waals surface area contributed by atoms with Crippen LogP contribution in [0.5, 0.6) is 0 Å². The molecular weight excluding hydrogens is 198 g/mol. The van der Waals surface area contributed by atoms with E-state index in [0.717, 1.165) is 19.1 Å². The lowest BCUT2D eigenvalue weighted by Gasteiger charge is -2.40. The molecule has 0 spiro atoms. The molecule has 0 saturated carbocycles. The molecule has 1 aliphatic heterocycles. The van der Waals surface area contributed by atoms with Crippen LogP contribution in [0, 0.1) is 0 Å². The number of nitrogens with one attached hydrogen (secondary N) is 1. The van der Waals surface area contributed by atoms with E-state index in [9.17, 15) is 0 Å². The van der Waals surface area contributed by atoms with Crippen molar-refractivity contribution in [2.45, 2.75) is 46.2 Å². The van der Waals surface area contributed by atoms with Crippen molar-refractivity contribution in [3.05, 3.63) is 0 Å². The largest absolute Gasteiger partial charge is 0.315 e. The van der Waals surface area contributed by atoms with Gasteiger partial charge in [-0.3, -0.25) is 9.80 Å². The first-order chi connectivity index (χ1) is 7.69.